The van der Waals surface area contributed by atoms with Gasteiger partial charge in [-0.2, -0.15) is 0 Å². The molecule has 1 aliphatic heterocycles. The average molecular weight is 353 g/mol. The molecule has 24 heavy (non-hydrogen) atoms. The summed E-state index contributed by atoms with van der Waals surface area (Å²) in [5.74, 6) is -0.177. The molecule has 1 aliphatic carbocycles. The molecule has 2 aliphatic rings. The Balaban J connectivity index is 1.66. The van der Waals surface area contributed by atoms with Gasteiger partial charge in [0, 0.05) is 0 Å². The Morgan fingerprint density at radius 3 is 2.38 bits per heavy atom. The molecule has 1 aromatic rings. The Morgan fingerprint density at radius 2 is 1.75 bits per heavy atom. The summed E-state index contributed by atoms with van der Waals surface area (Å²) < 4.78 is 37.1. The van der Waals surface area contributed by atoms with Gasteiger partial charge >= 0.3 is 0 Å². The molecule has 1 heterocycles. The molecule has 132 valence electrons. The van der Waals surface area contributed by atoms with E-state index in [1.54, 1.807) is 12.1 Å². The number of hydrogen-bond acceptors (Lipinski definition) is 5. The van der Waals surface area contributed by atoms with Gasteiger partial charge in [0.2, 0.25) is 0 Å². The van der Waals surface area contributed by atoms with Crippen LogP contribution < -0.4 is 4.72 Å². The lowest BCUT2D eigenvalue weighted by atomic mass is 9.84. The zero-order valence-electron chi connectivity index (χ0n) is 13.6. The van der Waals surface area contributed by atoms with Crippen LogP contribution in [0.1, 0.15) is 43.6 Å². The monoisotopic (exact) mass is 353 g/mol. The molecule has 2 fully saturated rings. The average Bonchev–Trinajstić information content (AvgIpc) is 2.63. The van der Waals surface area contributed by atoms with Gasteiger partial charge in [-0.15, -0.1) is 0 Å². The molecular formula is C17H23NO5S. The number of nitrogens with one attached hydrogen (secondary N) is 1. The first-order valence-electron chi connectivity index (χ1n) is 8.42. The highest BCUT2D eigenvalue weighted by molar-refractivity contribution is 7.90. The lowest BCUT2D eigenvalue weighted by molar-refractivity contribution is -0.145. The lowest BCUT2D eigenvalue weighted by Gasteiger charge is -2.23. The largest absolute Gasteiger partial charge is 0.376 e. The highest BCUT2D eigenvalue weighted by atomic mass is 32.2. The normalized spacial score (nSPS) is 22.9. The maximum atomic E-state index is 12.3. The molecule has 0 radical (unpaired) electrons. The fourth-order valence-electron chi connectivity index (χ4n) is 3.25. The number of carbonyl (C=O) groups is 1. The van der Waals surface area contributed by atoms with Crippen LogP contribution in [0.2, 0.25) is 0 Å². The smallest absolute Gasteiger partial charge is 0.265 e. The summed E-state index contributed by atoms with van der Waals surface area (Å²) >= 11 is 0. The van der Waals surface area contributed by atoms with E-state index in [4.69, 9.17) is 9.47 Å². The molecule has 1 N–H and O–H groups in total. The molecule has 1 saturated carbocycles. The summed E-state index contributed by atoms with van der Waals surface area (Å²) in [6, 6.07) is 6.85. The van der Waals surface area contributed by atoms with E-state index in [2.05, 4.69) is 4.72 Å². The number of carbonyl (C=O) groups excluding carboxylic acids is 1. The molecule has 3 rings (SSSR count). The first-order chi connectivity index (χ1) is 11.6. The summed E-state index contributed by atoms with van der Waals surface area (Å²) in [5, 5.41) is 0. The Kier molecular flexibility index (Phi) is 5.53. The number of benzene rings is 1. The summed E-state index contributed by atoms with van der Waals surface area (Å²) in [6.45, 7) is 0.773. The molecular weight excluding hydrogens is 330 g/mol. The maximum absolute atomic E-state index is 12.3. The third-order valence-corrected chi connectivity index (χ3v) is 5.97. The van der Waals surface area contributed by atoms with Gasteiger partial charge in [-0.1, -0.05) is 31.4 Å². The Morgan fingerprint density at radius 1 is 1.04 bits per heavy atom. The summed E-state index contributed by atoms with van der Waals surface area (Å²) in [6.07, 6.45) is 5.16. The van der Waals surface area contributed by atoms with Crippen molar-refractivity contribution in [3.05, 3.63) is 29.8 Å². The van der Waals surface area contributed by atoms with Gasteiger partial charge in [0.25, 0.3) is 15.9 Å². The van der Waals surface area contributed by atoms with Gasteiger partial charge in [0.05, 0.1) is 24.7 Å². The van der Waals surface area contributed by atoms with Crippen LogP contribution in [0.5, 0.6) is 0 Å². The number of ether oxygens (including phenoxy) is 2. The van der Waals surface area contributed by atoms with Crippen molar-refractivity contribution in [2.45, 2.75) is 49.0 Å². The van der Waals surface area contributed by atoms with Gasteiger partial charge in [0.15, 0.2) is 6.10 Å². The van der Waals surface area contributed by atoms with Crippen LogP contribution in [0.15, 0.2) is 29.2 Å². The van der Waals surface area contributed by atoms with Gasteiger partial charge in [-0.25, -0.2) is 13.1 Å². The number of sulfonamides is 1. The van der Waals surface area contributed by atoms with E-state index in [0.29, 0.717) is 12.5 Å². The molecule has 1 aromatic carbocycles. The topological polar surface area (TPSA) is 81.7 Å². The van der Waals surface area contributed by atoms with E-state index in [1.165, 1.54) is 24.8 Å². The van der Waals surface area contributed by atoms with Crippen LogP contribution in [0, 0.1) is 0 Å². The molecule has 1 saturated heterocycles. The highest BCUT2D eigenvalue weighted by Gasteiger charge is 2.27. The molecule has 1 amide bonds. The molecule has 1 atom stereocenters. The second kappa shape index (κ2) is 7.63. The van der Waals surface area contributed by atoms with Crippen LogP contribution in [-0.2, 0) is 24.3 Å². The van der Waals surface area contributed by atoms with Crippen LogP contribution in [0.3, 0.4) is 0 Å². The minimum Gasteiger partial charge on any atom is -0.376 e. The Hall–Kier alpha value is -1.44. The van der Waals surface area contributed by atoms with Crippen LogP contribution in [-0.4, -0.2) is 40.2 Å². The van der Waals surface area contributed by atoms with Crippen molar-refractivity contribution in [2.24, 2.45) is 0 Å². The van der Waals surface area contributed by atoms with E-state index < -0.39 is 22.0 Å². The van der Waals surface area contributed by atoms with Crippen LogP contribution in [0.25, 0.3) is 0 Å². The first-order valence-corrected chi connectivity index (χ1v) is 9.90. The van der Waals surface area contributed by atoms with Crippen molar-refractivity contribution < 1.29 is 22.7 Å². The Labute approximate surface area is 142 Å². The van der Waals surface area contributed by atoms with E-state index in [1.807, 2.05) is 12.1 Å². The minimum absolute atomic E-state index is 0.0714. The standard InChI is InChI=1S/C17H23NO5S/c19-17(16-12-22-10-11-23-16)18-24(20,21)15-8-6-14(7-9-15)13-4-2-1-3-5-13/h6-9,13,16H,1-5,10-12H2,(H,18,19)/t16-/m0/s1. The predicted octanol–water partition coefficient (Wildman–Crippen LogP) is 1.95. The van der Waals surface area contributed by atoms with E-state index in [0.717, 1.165) is 12.8 Å². The fraction of sp³-hybridized carbons (Fsp3) is 0.588. The Bertz CT molecular complexity index is 659. The minimum atomic E-state index is -3.89. The zero-order chi connectivity index (χ0) is 17.0. The summed E-state index contributed by atoms with van der Waals surface area (Å²) in [4.78, 5) is 12.1. The summed E-state index contributed by atoms with van der Waals surface area (Å²) in [5.41, 5.74) is 1.17. The van der Waals surface area contributed by atoms with Gasteiger partial charge in [-0.05, 0) is 36.5 Å². The second-order valence-corrected chi connectivity index (χ2v) is 7.99. The molecule has 7 heteroatoms. The third-order valence-electron chi connectivity index (χ3n) is 4.61. The van der Waals surface area contributed by atoms with Gasteiger partial charge in [0.1, 0.15) is 0 Å². The lowest BCUT2D eigenvalue weighted by Crippen LogP contribution is -2.44. The fourth-order valence-corrected chi connectivity index (χ4v) is 4.26. The highest BCUT2D eigenvalue weighted by Crippen LogP contribution is 2.32. The van der Waals surface area contributed by atoms with Crippen LogP contribution >= 0.6 is 0 Å². The second-order valence-electron chi connectivity index (χ2n) is 6.31. The van der Waals surface area contributed by atoms with E-state index >= 15 is 0 Å². The number of hydrogen-bond donors (Lipinski definition) is 1. The quantitative estimate of drug-likeness (QED) is 0.895. The molecule has 6 nitrogen and oxygen atoms in total. The number of amides is 1. The van der Waals surface area contributed by atoms with Crippen molar-refractivity contribution in [1.29, 1.82) is 0 Å². The molecule has 0 bridgehead atoms. The SMILES string of the molecule is O=C(NS(=O)(=O)c1ccc(C2CCCCC2)cc1)[C@@H]1COCCO1. The van der Waals surface area contributed by atoms with E-state index in [-0.39, 0.29) is 18.1 Å². The third kappa shape index (κ3) is 4.15. The molecule has 0 unspecified atom stereocenters. The van der Waals surface area contributed by atoms with Crippen molar-refractivity contribution in [3.63, 3.8) is 0 Å². The first kappa shape index (κ1) is 17.4. The number of rotatable bonds is 4. The van der Waals surface area contributed by atoms with E-state index in [9.17, 15) is 13.2 Å². The van der Waals surface area contributed by atoms with Gasteiger partial charge < -0.3 is 9.47 Å². The van der Waals surface area contributed by atoms with Crippen molar-refractivity contribution >= 4 is 15.9 Å². The molecule has 0 spiro atoms. The zero-order valence-corrected chi connectivity index (χ0v) is 14.4. The van der Waals surface area contributed by atoms with Gasteiger partial charge in [-0.3, -0.25) is 4.79 Å². The van der Waals surface area contributed by atoms with Crippen LogP contribution in [0.4, 0.5) is 0 Å². The van der Waals surface area contributed by atoms with Crippen molar-refractivity contribution in [1.82, 2.24) is 4.72 Å². The van der Waals surface area contributed by atoms with Crippen molar-refractivity contribution in [3.8, 4) is 0 Å². The van der Waals surface area contributed by atoms with Crippen molar-refractivity contribution in [2.75, 3.05) is 19.8 Å². The molecule has 0 aromatic heterocycles. The summed E-state index contributed by atoms with van der Waals surface area (Å²) in [7, 11) is -3.89. The maximum Gasteiger partial charge on any atom is 0.265 e. The predicted molar refractivity (Wildman–Crippen MR) is 88.2 cm³/mol.